The van der Waals surface area contributed by atoms with Crippen molar-refractivity contribution < 1.29 is 31.5 Å². The predicted molar refractivity (Wildman–Crippen MR) is 86.3 cm³/mol. The number of ether oxygens (including phenoxy) is 1. The van der Waals surface area contributed by atoms with Crippen LogP contribution in [0.25, 0.3) is 0 Å². The summed E-state index contributed by atoms with van der Waals surface area (Å²) in [5.41, 5.74) is 0.601. The lowest BCUT2D eigenvalue weighted by molar-refractivity contribution is -0.190. The summed E-state index contributed by atoms with van der Waals surface area (Å²) in [5, 5.41) is 2.84. The molecule has 2 aliphatic rings. The Hall–Kier alpha value is -1.93. The van der Waals surface area contributed by atoms with Crippen LogP contribution in [0.15, 0.2) is 18.3 Å². The molecule has 1 heterocycles. The van der Waals surface area contributed by atoms with Gasteiger partial charge in [0.05, 0.1) is 6.04 Å². The second-order valence-corrected chi connectivity index (χ2v) is 7.45. The average Bonchev–Trinajstić information content (AvgIpc) is 3.35. The Labute approximate surface area is 153 Å². The first-order valence-electron chi connectivity index (χ1n) is 8.90. The van der Waals surface area contributed by atoms with Crippen LogP contribution in [0.3, 0.4) is 0 Å². The van der Waals surface area contributed by atoms with Crippen molar-refractivity contribution in [3.05, 3.63) is 23.9 Å². The monoisotopic (exact) mass is 392 g/mol. The maximum Gasteiger partial charge on any atom is 0.425 e. The van der Waals surface area contributed by atoms with Gasteiger partial charge in [-0.3, -0.25) is 4.79 Å². The second kappa shape index (κ2) is 7.24. The summed E-state index contributed by atoms with van der Waals surface area (Å²) in [5.74, 6) is -3.32. The van der Waals surface area contributed by atoms with Gasteiger partial charge in [0.2, 0.25) is 17.7 Å². The molecule has 0 aliphatic heterocycles. The number of nitrogens with zero attached hydrogens (tertiary/aromatic N) is 1. The molecule has 2 atom stereocenters. The molecule has 3 rings (SSSR count). The fourth-order valence-electron chi connectivity index (χ4n) is 3.26. The number of hydrogen-bond acceptors (Lipinski definition) is 3. The highest BCUT2D eigenvalue weighted by Gasteiger charge is 2.46. The Morgan fingerprint density at radius 1 is 1.37 bits per heavy atom. The summed E-state index contributed by atoms with van der Waals surface area (Å²) in [6.45, 7) is 0.892. The van der Waals surface area contributed by atoms with Gasteiger partial charge in [-0.2, -0.15) is 13.2 Å². The minimum Gasteiger partial charge on any atom is -0.465 e. The molecular formula is C18H21F5N2O2. The molecule has 0 saturated heterocycles. The molecule has 4 nitrogen and oxygen atoms in total. The Balaban J connectivity index is 1.63. The number of hydrogen-bond donors (Lipinski definition) is 1. The molecule has 1 aromatic rings. The van der Waals surface area contributed by atoms with Gasteiger partial charge in [-0.25, -0.2) is 13.8 Å². The Kier molecular flexibility index (Phi) is 5.31. The van der Waals surface area contributed by atoms with Crippen LogP contribution in [0, 0.1) is 11.8 Å². The first-order chi connectivity index (χ1) is 12.5. The molecule has 9 heteroatoms. The molecule has 2 saturated carbocycles. The maximum atomic E-state index is 12.9. The van der Waals surface area contributed by atoms with E-state index in [1.807, 2.05) is 0 Å². The summed E-state index contributed by atoms with van der Waals surface area (Å²) in [6, 6.07) is 2.62. The molecule has 0 aromatic carbocycles. The zero-order chi connectivity index (χ0) is 19.8. The van der Waals surface area contributed by atoms with E-state index in [1.54, 1.807) is 6.07 Å². The van der Waals surface area contributed by atoms with Gasteiger partial charge in [0.1, 0.15) is 0 Å². The third-order valence-electron chi connectivity index (χ3n) is 4.94. The highest BCUT2D eigenvalue weighted by Crippen LogP contribution is 2.45. The standard InChI is InChI=1S/C18H21F5N2O2/c1-10(18(21,22)23)27-15-7-13(4-5-24-15)16(12-2-3-12)25-14(26)6-11-8-17(19,20)9-11/h4-5,7,10-12,16H,2-3,6,8-9H2,1H3,(H,25,26)/t10-,16?/m1/s1. The summed E-state index contributed by atoms with van der Waals surface area (Å²) in [4.78, 5) is 16.0. The van der Waals surface area contributed by atoms with Gasteiger partial charge in [0, 0.05) is 31.5 Å². The Morgan fingerprint density at radius 3 is 2.59 bits per heavy atom. The number of aromatic nitrogens is 1. The van der Waals surface area contributed by atoms with Crippen molar-refractivity contribution in [3.63, 3.8) is 0 Å². The molecule has 1 aromatic heterocycles. The van der Waals surface area contributed by atoms with Crippen LogP contribution in [0.5, 0.6) is 5.88 Å². The number of carbonyl (C=O) groups excluding carboxylic acids is 1. The van der Waals surface area contributed by atoms with Crippen molar-refractivity contribution in [2.75, 3.05) is 0 Å². The SMILES string of the molecule is C[C@@H](Oc1cc(C(NC(=O)CC2CC(F)(F)C2)C2CC2)ccn1)C(F)(F)F. The lowest BCUT2D eigenvalue weighted by atomic mass is 9.79. The third-order valence-corrected chi connectivity index (χ3v) is 4.94. The molecule has 2 aliphatic carbocycles. The van der Waals surface area contributed by atoms with Crippen molar-refractivity contribution in [1.29, 1.82) is 0 Å². The Morgan fingerprint density at radius 2 is 2.04 bits per heavy atom. The minimum absolute atomic E-state index is 0.0261. The lowest BCUT2D eigenvalue weighted by Crippen LogP contribution is -2.39. The Bertz CT molecular complexity index is 683. The number of pyridine rings is 1. The largest absolute Gasteiger partial charge is 0.465 e. The first-order valence-corrected chi connectivity index (χ1v) is 8.90. The van der Waals surface area contributed by atoms with Gasteiger partial charge < -0.3 is 10.1 Å². The van der Waals surface area contributed by atoms with E-state index in [0.717, 1.165) is 19.8 Å². The van der Waals surface area contributed by atoms with Crippen molar-refractivity contribution in [2.24, 2.45) is 11.8 Å². The summed E-state index contributed by atoms with van der Waals surface area (Å²) < 4.78 is 68.6. The number of nitrogens with one attached hydrogen (secondary N) is 1. The smallest absolute Gasteiger partial charge is 0.425 e. The van der Waals surface area contributed by atoms with E-state index >= 15 is 0 Å². The van der Waals surface area contributed by atoms with Gasteiger partial charge >= 0.3 is 6.18 Å². The van der Waals surface area contributed by atoms with Crippen molar-refractivity contribution in [1.82, 2.24) is 10.3 Å². The van der Waals surface area contributed by atoms with E-state index in [-0.39, 0.29) is 48.9 Å². The van der Waals surface area contributed by atoms with Crippen molar-refractivity contribution in [2.45, 2.75) is 63.3 Å². The molecule has 2 fully saturated rings. The van der Waals surface area contributed by atoms with Crippen LogP contribution >= 0.6 is 0 Å². The number of alkyl halides is 5. The first kappa shape index (κ1) is 19.8. The fraction of sp³-hybridized carbons (Fsp3) is 0.667. The number of carbonyl (C=O) groups is 1. The fourth-order valence-corrected chi connectivity index (χ4v) is 3.26. The van der Waals surface area contributed by atoms with Crippen LogP contribution < -0.4 is 10.1 Å². The van der Waals surface area contributed by atoms with Gasteiger partial charge in [0.15, 0.2) is 6.10 Å². The molecule has 0 radical (unpaired) electrons. The predicted octanol–water partition coefficient (Wildman–Crippen LogP) is 4.41. The lowest BCUT2D eigenvalue weighted by Gasteiger charge is -2.34. The number of rotatable bonds is 7. The van der Waals surface area contributed by atoms with Crippen LogP contribution in [-0.2, 0) is 4.79 Å². The molecule has 1 amide bonds. The van der Waals surface area contributed by atoms with E-state index in [9.17, 15) is 26.7 Å². The maximum absolute atomic E-state index is 12.9. The molecular weight excluding hydrogens is 371 g/mol. The van der Waals surface area contributed by atoms with E-state index in [1.165, 1.54) is 12.3 Å². The van der Waals surface area contributed by atoms with Gasteiger partial charge in [-0.15, -0.1) is 0 Å². The van der Waals surface area contributed by atoms with Gasteiger partial charge in [-0.05, 0) is 43.2 Å². The zero-order valence-electron chi connectivity index (χ0n) is 14.7. The highest BCUT2D eigenvalue weighted by molar-refractivity contribution is 5.77. The van der Waals surface area contributed by atoms with Gasteiger partial charge in [-0.1, -0.05) is 0 Å². The zero-order valence-corrected chi connectivity index (χ0v) is 14.7. The van der Waals surface area contributed by atoms with E-state index in [2.05, 4.69) is 10.3 Å². The second-order valence-electron chi connectivity index (χ2n) is 7.45. The van der Waals surface area contributed by atoms with E-state index in [4.69, 9.17) is 4.74 Å². The van der Waals surface area contributed by atoms with Crippen molar-refractivity contribution >= 4 is 5.91 Å². The molecule has 1 unspecified atom stereocenters. The van der Waals surface area contributed by atoms with Crippen LogP contribution in [0.1, 0.15) is 50.6 Å². The quantitative estimate of drug-likeness (QED) is 0.700. The number of amides is 1. The molecule has 0 spiro atoms. The third kappa shape index (κ3) is 5.29. The van der Waals surface area contributed by atoms with Crippen LogP contribution in [-0.4, -0.2) is 29.1 Å². The average molecular weight is 392 g/mol. The van der Waals surface area contributed by atoms with Crippen LogP contribution in [0.4, 0.5) is 22.0 Å². The van der Waals surface area contributed by atoms with E-state index in [0.29, 0.717) is 5.56 Å². The summed E-state index contributed by atoms with van der Waals surface area (Å²) in [6.07, 6.45) is -3.95. The minimum atomic E-state index is -4.51. The van der Waals surface area contributed by atoms with Crippen molar-refractivity contribution in [3.8, 4) is 5.88 Å². The molecule has 0 bridgehead atoms. The molecule has 1 N–H and O–H groups in total. The highest BCUT2D eigenvalue weighted by atomic mass is 19.4. The summed E-state index contributed by atoms with van der Waals surface area (Å²) >= 11 is 0. The number of halogens is 5. The van der Waals surface area contributed by atoms with Gasteiger partial charge in [0.25, 0.3) is 0 Å². The molecule has 150 valence electrons. The van der Waals surface area contributed by atoms with Crippen LogP contribution in [0.2, 0.25) is 0 Å². The summed E-state index contributed by atoms with van der Waals surface area (Å²) in [7, 11) is 0. The normalized spacial score (nSPS) is 21.9. The van der Waals surface area contributed by atoms with E-state index < -0.39 is 18.2 Å². The molecule has 27 heavy (non-hydrogen) atoms. The topological polar surface area (TPSA) is 51.2 Å².